The monoisotopic (exact) mass is 395 g/mol. The maximum absolute atomic E-state index is 13.1. The molecule has 4 amide bonds. The molecule has 3 rings (SSSR count). The smallest absolute Gasteiger partial charge is 0.331 e. The second-order valence-electron chi connectivity index (χ2n) is 6.60. The number of hydrogen-bond donors (Lipinski definition) is 1. The summed E-state index contributed by atoms with van der Waals surface area (Å²) in [4.78, 5) is 40.3. The molecule has 0 atom stereocenters. The number of halogens is 1. The zero-order valence-corrected chi connectivity index (χ0v) is 16.3. The van der Waals surface area contributed by atoms with Crippen molar-refractivity contribution in [3.05, 3.63) is 71.0 Å². The number of barbiturate groups is 1. The first-order chi connectivity index (χ1) is 13.9. The number of anilines is 1. The lowest BCUT2D eigenvalue weighted by atomic mass is 10.1. The second-order valence-corrected chi connectivity index (χ2v) is 6.60. The lowest BCUT2D eigenvalue weighted by Gasteiger charge is -2.26. The summed E-state index contributed by atoms with van der Waals surface area (Å²) in [5.41, 5.74) is 2.18. The van der Waals surface area contributed by atoms with Crippen LogP contribution in [0.4, 0.5) is 14.9 Å². The quantitative estimate of drug-likeness (QED) is 0.602. The molecule has 1 aliphatic rings. The standard InChI is InChI=1S/C22H22FN3O3/c1-3-25(4-2)18-11-7-15(8-12-18)13-19-20(27)24-22(29)26(21(19)28)14-16-5-9-17(23)10-6-16/h5-13H,3-4,14H2,1-2H3,(H,24,27,29)/b19-13+. The molecule has 0 aliphatic carbocycles. The Bertz CT molecular complexity index is 948. The Morgan fingerprint density at radius 2 is 1.59 bits per heavy atom. The molecule has 2 aromatic carbocycles. The van der Waals surface area contributed by atoms with E-state index < -0.39 is 23.7 Å². The van der Waals surface area contributed by atoms with Gasteiger partial charge in [0, 0.05) is 18.8 Å². The summed E-state index contributed by atoms with van der Waals surface area (Å²) >= 11 is 0. The highest BCUT2D eigenvalue weighted by Gasteiger charge is 2.35. The summed E-state index contributed by atoms with van der Waals surface area (Å²) in [5.74, 6) is -1.83. The molecule has 1 heterocycles. The molecule has 1 fully saturated rings. The molecule has 7 heteroatoms. The van der Waals surface area contributed by atoms with Crippen LogP contribution in [0.5, 0.6) is 0 Å². The summed E-state index contributed by atoms with van der Waals surface area (Å²) in [6, 6.07) is 12.2. The minimum absolute atomic E-state index is 0.0591. The van der Waals surface area contributed by atoms with Crippen LogP contribution in [0, 0.1) is 5.82 Å². The van der Waals surface area contributed by atoms with Crippen LogP contribution in [0.1, 0.15) is 25.0 Å². The number of carbonyl (C=O) groups excluding carboxylic acids is 3. The van der Waals surface area contributed by atoms with Crippen LogP contribution >= 0.6 is 0 Å². The molecular weight excluding hydrogens is 373 g/mol. The van der Waals surface area contributed by atoms with Crippen molar-refractivity contribution >= 4 is 29.6 Å². The van der Waals surface area contributed by atoms with E-state index in [-0.39, 0.29) is 12.1 Å². The van der Waals surface area contributed by atoms with Gasteiger partial charge in [-0.25, -0.2) is 9.18 Å². The van der Waals surface area contributed by atoms with E-state index in [1.165, 1.54) is 30.3 Å². The van der Waals surface area contributed by atoms with E-state index in [9.17, 15) is 18.8 Å². The number of benzene rings is 2. The average molecular weight is 395 g/mol. The van der Waals surface area contributed by atoms with E-state index in [2.05, 4.69) is 24.1 Å². The van der Waals surface area contributed by atoms with Gasteiger partial charge in [0.25, 0.3) is 11.8 Å². The first kappa shape index (κ1) is 20.3. The fourth-order valence-corrected chi connectivity index (χ4v) is 3.15. The van der Waals surface area contributed by atoms with E-state index in [4.69, 9.17) is 0 Å². The van der Waals surface area contributed by atoms with Gasteiger partial charge in [-0.15, -0.1) is 0 Å². The number of imide groups is 2. The van der Waals surface area contributed by atoms with Gasteiger partial charge in [-0.2, -0.15) is 0 Å². The zero-order chi connectivity index (χ0) is 21.0. The first-order valence-corrected chi connectivity index (χ1v) is 9.41. The van der Waals surface area contributed by atoms with Crippen LogP contribution in [-0.2, 0) is 16.1 Å². The number of nitrogens with one attached hydrogen (secondary N) is 1. The zero-order valence-electron chi connectivity index (χ0n) is 16.3. The lowest BCUT2D eigenvalue weighted by Crippen LogP contribution is -2.53. The molecule has 0 spiro atoms. The normalized spacial score (nSPS) is 15.6. The van der Waals surface area contributed by atoms with Gasteiger partial charge in [-0.3, -0.25) is 19.8 Å². The van der Waals surface area contributed by atoms with Gasteiger partial charge >= 0.3 is 6.03 Å². The van der Waals surface area contributed by atoms with Crippen LogP contribution in [0.3, 0.4) is 0 Å². The summed E-state index contributed by atoms with van der Waals surface area (Å²) in [6.45, 7) is 5.82. The third kappa shape index (κ3) is 4.51. The van der Waals surface area contributed by atoms with E-state index in [1.807, 2.05) is 24.3 Å². The van der Waals surface area contributed by atoms with Gasteiger partial charge in [0.15, 0.2) is 0 Å². The van der Waals surface area contributed by atoms with Crippen molar-refractivity contribution in [1.82, 2.24) is 10.2 Å². The molecule has 1 aliphatic heterocycles. The minimum atomic E-state index is -0.793. The highest BCUT2D eigenvalue weighted by molar-refractivity contribution is 6.30. The molecule has 2 aromatic rings. The Labute approximate surface area is 168 Å². The van der Waals surface area contributed by atoms with Gasteiger partial charge in [-0.05, 0) is 55.3 Å². The maximum Gasteiger partial charge on any atom is 0.331 e. The fraction of sp³-hybridized carbons (Fsp3) is 0.227. The highest BCUT2D eigenvalue weighted by Crippen LogP contribution is 2.20. The first-order valence-electron chi connectivity index (χ1n) is 9.41. The third-order valence-corrected chi connectivity index (χ3v) is 4.77. The summed E-state index contributed by atoms with van der Waals surface area (Å²) < 4.78 is 13.1. The molecule has 0 saturated carbocycles. The Morgan fingerprint density at radius 1 is 0.966 bits per heavy atom. The third-order valence-electron chi connectivity index (χ3n) is 4.77. The number of urea groups is 1. The van der Waals surface area contributed by atoms with Gasteiger partial charge in [0.1, 0.15) is 11.4 Å². The van der Waals surface area contributed by atoms with Gasteiger partial charge in [-0.1, -0.05) is 24.3 Å². The van der Waals surface area contributed by atoms with Gasteiger partial charge in [0.05, 0.1) is 6.54 Å². The number of hydrogen-bond acceptors (Lipinski definition) is 4. The van der Waals surface area contributed by atoms with Crippen LogP contribution in [0.2, 0.25) is 0 Å². The fourth-order valence-electron chi connectivity index (χ4n) is 3.15. The van der Waals surface area contributed by atoms with E-state index in [0.717, 1.165) is 23.7 Å². The van der Waals surface area contributed by atoms with Crippen molar-refractivity contribution in [3.8, 4) is 0 Å². The molecule has 29 heavy (non-hydrogen) atoms. The van der Waals surface area contributed by atoms with Crippen LogP contribution in [-0.4, -0.2) is 35.8 Å². The van der Waals surface area contributed by atoms with Crippen molar-refractivity contribution in [3.63, 3.8) is 0 Å². The number of nitrogens with zero attached hydrogens (tertiary/aromatic N) is 2. The maximum atomic E-state index is 13.1. The Balaban J connectivity index is 1.84. The molecule has 6 nitrogen and oxygen atoms in total. The largest absolute Gasteiger partial charge is 0.372 e. The van der Waals surface area contributed by atoms with E-state index in [1.54, 1.807) is 0 Å². The molecule has 0 radical (unpaired) electrons. The van der Waals surface area contributed by atoms with Crippen molar-refractivity contribution in [1.29, 1.82) is 0 Å². The molecule has 150 valence electrons. The summed E-state index contributed by atoms with van der Waals surface area (Å²) in [7, 11) is 0. The summed E-state index contributed by atoms with van der Waals surface area (Å²) in [6.07, 6.45) is 1.47. The summed E-state index contributed by atoms with van der Waals surface area (Å²) in [5, 5.41) is 2.19. The molecule has 1 N–H and O–H groups in total. The Morgan fingerprint density at radius 3 is 2.17 bits per heavy atom. The lowest BCUT2D eigenvalue weighted by molar-refractivity contribution is -0.130. The average Bonchev–Trinajstić information content (AvgIpc) is 2.72. The van der Waals surface area contributed by atoms with Crippen molar-refractivity contribution < 1.29 is 18.8 Å². The Kier molecular flexibility index (Phi) is 6.07. The van der Waals surface area contributed by atoms with Crippen LogP contribution in [0.25, 0.3) is 6.08 Å². The van der Waals surface area contributed by atoms with Gasteiger partial charge in [0.2, 0.25) is 0 Å². The predicted molar refractivity (Wildman–Crippen MR) is 108 cm³/mol. The SMILES string of the molecule is CCN(CC)c1ccc(/C=C2\C(=O)NC(=O)N(Cc3ccc(F)cc3)C2=O)cc1. The van der Waals surface area contributed by atoms with Crippen molar-refractivity contribution in [2.24, 2.45) is 0 Å². The Hall–Kier alpha value is -3.48. The molecule has 0 bridgehead atoms. The van der Waals surface area contributed by atoms with Crippen molar-refractivity contribution in [2.45, 2.75) is 20.4 Å². The minimum Gasteiger partial charge on any atom is -0.372 e. The number of rotatable bonds is 6. The molecule has 1 saturated heterocycles. The predicted octanol–water partition coefficient (Wildman–Crippen LogP) is 3.33. The van der Waals surface area contributed by atoms with Crippen LogP contribution in [0.15, 0.2) is 54.1 Å². The number of amides is 4. The van der Waals surface area contributed by atoms with E-state index >= 15 is 0 Å². The number of carbonyl (C=O) groups is 3. The van der Waals surface area contributed by atoms with Crippen LogP contribution < -0.4 is 10.2 Å². The second kappa shape index (κ2) is 8.68. The topological polar surface area (TPSA) is 69.7 Å². The molecule has 0 unspecified atom stereocenters. The highest BCUT2D eigenvalue weighted by atomic mass is 19.1. The van der Waals surface area contributed by atoms with Gasteiger partial charge < -0.3 is 4.90 Å². The van der Waals surface area contributed by atoms with Crippen molar-refractivity contribution in [2.75, 3.05) is 18.0 Å². The molecular formula is C22H22FN3O3. The molecule has 0 aromatic heterocycles. The van der Waals surface area contributed by atoms with E-state index in [0.29, 0.717) is 11.1 Å².